The van der Waals surface area contributed by atoms with Gasteiger partial charge in [-0.05, 0) is 29.8 Å². The molecule has 0 atom stereocenters. The molecule has 0 bridgehead atoms. The van der Waals surface area contributed by atoms with Crippen LogP contribution in [0.2, 0.25) is 0 Å². The van der Waals surface area contributed by atoms with Gasteiger partial charge >= 0.3 is 6.03 Å². The molecule has 0 spiro atoms. The van der Waals surface area contributed by atoms with Gasteiger partial charge in [0.2, 0.25) is 5.91 Å². The van der Waals surface area contributed by atoms with Gasteiger partial charge in [-0.3, -0.25) is 19.5 Å². The number of hydrogen-bond donors (Lipinski definition) is 2. The minimum Gasteiger partial charge on any atom is -0.334 e. The zero-order valence-electron chi connectivity index (χ0n) is 18.0. The maximum atomic E-state index is 14.5. The smallest absolute Gasteiger partial charge is 0.321 e. The lowest BCUT2D eigenvalue weighted by Gasteiger charge is -2.13. The third-order valence-corrected chi connectivity index (χ3v) is 5.89. The Bertz CT molecular complexity index is 1390. The van der Waals surface area contributed by atoms with Gasteiger partial charge in [0.15, 0.2) is 5.16 Å². The summed E-state index contributed by atoms with van der Waals surface area (Å²) in [4.78, 5) is 41.9. The highest BCUT2D eigenvalue weighted by molar-refractivity contribution is 7.99. The van der Waals surface area contributed by atoms with E-state index in [1.54, 1.807) is 36.4 Å². The fraction of sp³-hybridized carbons (Fsp3) is 0.120. The number of aromatic nitrogens is 2. The van der Waals surface area contributed by atoms with Crippen molar-refractivity contribution < 1.29 is 14.0 Å². The molecule has 0 unspecified atom stereocenters. The molecule has 0 aliphatic heterocycles. The number of carbonyl (C=O) groups is 2. The first-order valence-corrected chi connectivity index (χ1v) is 11.5. The number of halogens is 1. The molecule has 3 aromatic carbocycles. The molecule has 4 aromatic rings. The number of amides is 3. The average Bonchev–Trinajstić information content (AvgIpc) is 2.84. The molecule has 2 N–H and O–H groups in total. The summed E-state index contributed by atoms with van der Waals surface area (Å²) in [6.45, 7) is 0.296. The molecule has 172 valence electrons. The third kappa shape index (κ3) is 5.49. The number of fused-ring (bicyclic) bond motifs is 1. The van der Waals surface area contributed by atoms with Gasteiger partial charge in [0.1, 0.15) is 5.82 Å². The summed E-state index contributed by atoms with van der Waals surface area (Å²) < 4.78 is 15.7. The van der Waals surface area contributed by atoms with E-state index >= 15 is 0 Å². The van der Waals surface area contributed by atoms with Crippen molar-refractivity contribution in [3.8, 4) is 5.69 Å². The van der Waals surface area contributed by atoms with Gasteiger partial charge in [-0.25, -0.2) is 14.2 Å². The molecular formula is C25H21FN4O3S. The van der Waals surface area contributed by atoms with Crippen LogP contribution in [0.25, 0.3) is 16.6 Å². The highest BCUT2D eigenvalue weighted by Crippen LogP contribution is 2.23. The molecule has 0 aliphatic rings. The van der Waals surface area contributed by atoms with Crippen molar-refractivity contribution in [2.45, 2.75) is 18.1 Å². The Hall–Kier alpha value is -3.98. The van der Waals surface area contributed by atoms with Crippen LogP contribution in [0.15, 0.2) is 88.8 Å². The molecule has 34 heavy (non-hydrogen) atoms. The SMILES string of the molecule is O=C(CCSc1nc2ccccc2c(=O)n1-c1ccccc1F)NC(=O)NCc1ccccc1. The third-order valence-electron chi connectivity index (χ3n) is 4.95. The van der Waals surface area contributed by atoms with E-state index in [2.05, 4.69) is 15.6 Å². The molecule has 0 saturated carbocycles. The van der Waals surface area contributed by atoms with E-state index in [-0.39, 0.29) is 23.0 Å². The molecule has 7 nitrogen and oxygen atoms in total. The van der Waals surface area contributed by atoms with Crippen LogP contribution in [-0.2, 0) is 11.3 Å². The van der Waals surface area contributed by atoms with Crippen LogP contribution in [0.1, 0.15) is 12.0 Å². The summed E-state index contributed by atoms with van der Waals surface area (Å²) >= 11 is 1.14. The van der Waals surface area contributed by atoms with Gasteiger partial charge in [0, 0.05) is 18.7 Å². The van der Waals surface area contributed by atoms with Crippen LogP contribution in [0, 0.1) is 5.82 Å². The molecule has 0 radical (unpaired) electrons. The Labute approximate surface area is 199 Å². The summed E-state index contributed by atoms with van der Waals surface area (Å²) in [5.74, 6) is -0.799. The zero-order chi connectivity index (χ0) is 23.9. The van der Waals surface area contributed by atoms with Crippen LogP contribution >= 0.6 is 11.8 Å². The number of urea groups is 1. The highest BCUT2D eigenvalue weighted by Gasteiger charge is 2.16. The number of para-hydroxylation sites is 2. The summed E-state index contributed by atoms with van der Waals surface area (Å²) in [6, 6.07) is 21.5. The van der Waals surface area contributed by atoms with Crippen molar-refractivity contribution in [2.75, 3.05) is 5.75 Å². The Kier molecular flexibility index (Phi) is 7.34. The highest BCUT2D eigenvalue weighted by atomic mass is 32.2. The number of carbonyl (C=O) groups excluding carboxylic acids is 2. The lowest BCUT2D eigenvalue weighted by atomic mass is 10.2. The lowest BCUT2D eigenvalue weighted by Crippen LogP contribution is -2.39. The number of imide groups is 1. The monoisotopic (exact) mass is 476 g/mol. The van der Waals surface area contributed by atoms with Gasteiger partial charge in [-0.2, -0.15) is 0 Å². The van der Waals surface area contributed by atoms with E-state index in [4.69, 9.17) is 0 Å². The second-order valence-electron chi connectivity index (χ2n) is 7.32. The number of nitrogens with one attached hydrogen (secondary N) is 2. The van der Waals surface area contributed by atoms with E-state index in [1.165, 1.54) is 16.7 Å². The first-order chi connectivity index (χ1) is 16.5. The quantitative estimate of drug-likeness (QED) is 0.310. The molecular weight excluding hydrogens is 455 g/mol. The molecule has 0 aliphatic carbocycles. The van der Waals surface area contributed by atoms with E-state index in [9.17, 15) is 18.8 Å². The minimum absolute atomic E-state index is 0.00337. The molecule has 1 heterocycles. The van der Waals surface area contributed by atoms with E-state index in [0.717, 1.165) is 17.3 Å². The Morgan fingerprint density at radius 1 is 0.941 bits per heavy atom. The standard InChI is InChI=1S/C25H21FN4O3S/c26-19-11-5-7-13-21(19)30-23(32)18-10-4-6-12-20(18)28-25(30)34-15-14-22(31)29-24(33)27-16-17-8-2-1-3-9-17/h1-13H,14-16H2,(H2,27,29,31,33). The van der Waals surface area contributed by atoms with Crippen molar-refractivity contribution >= 4 is 34.6 Å². The Balaban J connectivity index is 1.44. The molecule has 1 aromatic heterocycles. The van der Waals surface area contributed by atoms with Gasteiger partial charge in [-0.1, -0.05) is 66.4 Å². The van der Waals surface area contributed by atoms with Gasteiger partial charge < -0.3 is 5.32 Å². The predicted molar refractivity (Wildman–Crippen MR) is 129 cm³/mol. The molecule has 3 amide bonds. The summed E-state index contributed by atoms with van der Waals surface area (Å²) in [7, 11) is 0. The van der Waals surface area contributed by atoms with Crippen molar-refractivity contribution in [2.24, 2.45) is 0 Å². The normalized spacial score (nSPS) is 10.7. The maximum Gasteiger partial charge on any atom is 0.321 e. The molecule has 4 rings (SSSR count). The Morgan fingerprint density at radius 3 is 2.44 bits per heavy atom. The molecule has 0 saturated heterocycles. The first kappa shape index (κ1) is 23.2. The van der Waals surface area contributed by atoms with Crippen LogP contribution < -0.4 is 16.2 Å². The fourth-order valence-electron chi connectivity index (χ4n) is 3.30. The van der Waals surface area contributed by atoms with Crippen molar-refractivity contribution in [3.63, 3.8) is 0 Å². The largest absolute Gasteiger partial charge is 0.334 e. The lowest BCUT2D eigenvalue weighted by molar-refractivity contribution is -0.119. The van der Waals surface area contributed by atoms with Crippen LogP contribution in [0.5, 0.6) is 0 Å². The second-order valence-corrected chi connectivity index (χ2v) is 8.38. The zero-order valence-corrected chi connectivity index (χ0v) is 18.8. The number of hydrogen-bond acceptors (Lipinski definition) is 5. The van der Waals surface area contributed by atoms with Crippen molar-refractivity contribution in [1.82, 2.24) is 20.2 Å². The summed E-state index contributed by atoms with van der Waals surface area (Å²) in [5, 5.41) is 5.53. The van der Waals surface area contributed by atoms with Gasteiger partial charge in [0.05, 0.1) is 16.6 Å². The van der Waals surface area contributed by atoms with Gasteiger partial charge in [0.25, 0.3) is 5.56 Å². The topological polar surface area (TPSA) is 93.1 Å². The number of benzene rings is 3. The van der Waals surface area contributed by atoms with E-state index in [0.29, 0.717) is 17.4 Å². The predicted octanol–water partition coefficient (Wildman–Crippen LogP) is 4.03. The summed E-state index contributed by atoms with van der Waals surface area (Å²) in [6.07, 6.45) is 0.00337. The second kappa shape index (κ2) is 10.8. The summed E-state index contributed by atoms with van der Waals surface area (Å²) in [5.41, 5.74) is 1.07. The minimum atomic E-state index is -0.592. The Morgan fingerprint density at radius 2 is 1.65 bits per heavy atom. The average molecular weight is 477 g/mol. The number of rotatable bonds is 7. The number of nitrogens with zero attached hydrogens (tertiary/aromatic N) is 2. The first-order valence-electron chi connectivity index (χ1n) is 10.5. The van der Waals surface area contributed by atoms with Crippen molar-refractivity contribution in [3.05, 3.63) is 101 Å². The molecule has 0 fully saturated rings. The van der Waals surface area contributed by atoms with Gasteiger partial charge in [-0.15, -0.1) is 0 Å². The maximum absolute atomic E-state index is 14.5. The van der Waals surface area contributed by atoms with Crippen LogP contribution in [-0.4, -0.2) is 27.2 Å². The number of thioether (sulfide) groups is 1. The van der Waals surface area contributed by atoms with Crippen LogP contribution in [0.4, 0.5) is 9.18 Å². The van der Waals surface area contributed by atoms with Crippen LogP contribution in [0.3, 0.4) is 0 Å². The van der Waals surface area contributed by atoms with E-state index < -0.39 is 23.3 Å². The molecule has 9 heteroatoms. The fourth-order valence-corrected chi connectivity index (χ4v) is 4.24. The van der Waals surface area contributed by atoms with Crippen molar-refractivity contribution in [1.29, 1.82) is 0 Å². The van der Waals surface area contributed by atoms with E-state index in [1.807, 2.05) is 30.3 Å².